The summed E-state index contributed by atoms with van der Waals surface area (Å²) >= 11 is 0. The van der Waals surface area contributed by atoms with Crippen LogP contribution in [0.15, 0.2) is 17.1 Å². The van der Waals surface area contributed by atoms with Gasteiger partial charge in [0.25, 0.3) is 5.91 Å². The van der Waals surface area contributed by atoms with Gasteiger partial charge >= 0.3 is 0 Å². The number of hydrogen-bond acceptors (Lipinski definition) is 2. The molecule has 1 N–H and O–H groups in total. The number of amides is 1. The lowest BCUT2D eigenvalue weighted by molar-refractivity contribution is -0.114. The molecule has 0 aromatic heterocycles. The summed E-state index contributed by atoms with van der Waals surface area (Å²) in [6.07, 6.45) is 3.49. The standard InChI is InChI=1S/C8H14N2O/c1-4-6-7(10-5-2)8(11)9-3/h4,6H,5H2,1-3H3,(H,9,11)/b6-4-,10-7?. The zero-order valence-electron chi connectivity index (χ0n) is 7.22. The Balaban J connectivity index is 4.34. The van der Waals surface area contributed by atoms with Crippen molar-refractivity contribution >= 4 is 11.6 Å². The summed E-state index contributed by atoms with van der Waals surface area (Å²) < 4.78 is 0. The Morgan fingerprint density at radius 2 is 2.27 bits per heavy atom. The normalized spacial score (nSPS) is 12.1. The topological polar surface area (TPSA) is 41.5 Å². The van der Waals surface area contributed by atoms with E-state index in [1.807, 2.05) is 13.8 Å². The van der Waals surface area contributed by atoms with E-state index in [9.17, 15) is 4.79 Å². The van der Waals surface area contributed by atoms with Gasteiger partial charge in [-0.2, -0.15) is 0 Å². The third-order valence-electron chi connectivity index (χ3n) is 1.11. The van der Waals surface area contributed by atoms with Gasteiger partial charge in [-0.05, 0) is 19.9 Å². The van der Waals surface area contributed by atoms with E-state index in [2.05, 4.69) is 10.3 Å². The Labute approximate surface area is 67.2 Å². The molecule has 0 saturated carbocycles. The summed E-state index contributed by atoms with van der Waals surface area (Å²) in [6.45, 7) is 4.38. The highest BCUT2D eigenvalue weighted by Gasteiger charge is 2.02. The molecule has 0 heterocycles. The maximum absolute atomic E-state index is 11.0. The molecule has 0 aliphatic heterocycles. The summed E-state index contributed by atoms with van der Waals surface area (Å²) in [5.41, 5.74) is 0.484. The highest BCUT2D eigenvalue weighted by molar-refractivity contribution is 6.43. The molecule has 62 valence electrons. The van der Waals surface area contributed by atoms with E-state index in [4.69, 9.17) is 0 Å². The lowest BCUT2D eigenvalue weighted by Gasteiger charge is -1.97. The first-order valence-electron chi connectivity index (χ1n) is 3.65. The van der Waals surface area contributed by atoms with Crippen molar-refractivity contribution in [3.63, 3.8) is 0 Å². The SMILES string of the molecule is C/C=C\C(=NCC)C(=O)NC. The van der Waals surface area contributed by atoms with Crippen LogP contribution in [0, 0.1) is 0 Å². The van der Waals surface area contributed by atoms with Crippen molar-refractivity contribution in [1.82, 2.24) is 5.32 Å². The maximum Gasteiger partial charge on any atom is 0.269 e. The number of allylic oxidation sites excluding steroid dienone is 1. The van der Waals surface area contributed by atoms with Crippen LogP contribution in [-0.4, -0.2) is 25.2 Å². The highest BCUT2D eigenvalue weighted by Crippen LogP contribution is 1.83. The van der Waals surface area contributed by atoms with Crippen LogP contribution in [0.3, 0.4) is 0 Å². The predicted molar refractivity (Wildman–Crippen MR) is 46.9 cm³/mol. The Morgan fingerprint density at radius 3 is 2.64 bits per heavy atom. The van der Waals surface area contributed by atoms with Crippen LogP contribution < -0.4 is 5.32 Å². The number of aliphatic imine (C=N–C) groups is 1. The molecule has 0 saturated heterocycles. The molecule has 0 fully saturated rings. The van der Waals surface area contributed by atoms with Gasteiger partial charge in [0.05, 0.1) is 0 Å². The molecule has 0 aromatic carbocycles. The van der Waals surface area contributed by atoms with E-state index in [0.717, 1.165) is 0 Å². The van der Waals surface area contributed by atoms with Crippen molar-refractivity contribution in [2.45, 2.75) is 13.8 Å². The van der Waals surface area contributed by atoms with Gasteiger partial charge in [0.15, 0.2) is 0 Å². The minimum Gasteiger partial charge on any atom is -0.354 e. The second-order valence-electron chi connectivity index (χ2n) is 1.94. The molecule has 3 heteroatoms. The quantitative estimate of drug-likeness (QED) is 0.599. The van der Waals surface area contributed by atoms with Crippen LogP contribution >= 0.6 is 0 Å². The van der Waals surface area contributed by atoms with E-state index in [1.54, 1.807) is 19.2 Å². The zero-order valence-corrected chi connectivity index (χ0v) is 7.22. The van der Waals surface area contributed by atoms with Gasteiger partial charge in [-0.1, -0.05) is 6.08 Å². The third-order valence-corrected chi connectivity index (χ3v) is 1.11. The van der Waals surface area contributed by atoms with Crippen molar-refractivity contribution in [3.8, 4) is 0 Å². The van der Waals surface area contributed by atoms with Gasteiger partial charge < -0.3 is 5.32 Å². The number of nitrogens with one attached hydrogen (secondary N) is 1. The predicted octanol–water partition coefficient (Wildman–Crippen LogP) is 0.769. The Morgan fingerprint density at radius 1 is 1.64 bits per heavy atom. The molecule has 0 radical (unpaired) electrons. The van der Waals surface area contributed by atoms with Crippen molar-refractivity contribution in [2.75, 3.05) is 13.6 Å². The molecule has 0 atom stereocenters. The molecule has 3 nitrogen and oxygen atoms in total. The van der Waals surface area contributed by atoms with Crippen LogP contribution in [0.1, 0.15) is 13.8 Å². The fraction of sp³-hybridized carbons (Fsp3) is 0.500. The number of carbonyl (C=O) groups excluding carboxylic acids is 1. The third kappa shape index (κ3) is 3.55. The van der Waals surface area contributed by atoms with E-state index >= 15 is 0 Å². The Bertz CT molecular complexity index is 183. The minimum absolute atomic E-state index is 0.134. The molecule has 1 amide bonds. The summed E-state index contributed by atoms with van der Waals surface area (Å²) in [7, 11) is 1.59. The summed E-state index contributed by atoms with van der Waals surface area (Å²) in [6, 6.07) is 0. The largest absolute Gasteiger partial charge is 0.354 e. The number of hydrogen-bond donors (Lipinski definition) is 1. The minimum atomic E-state index is -0.134. The van der Waals surface area contributed by atoms with Crippen LogP contribution in [0.5, 0.6) is 0 Å². The highest BCUT2D eigenvalue weighted by atomic mass is 16.1. The molecule has 0 spiro atoms. The lowest BCUT2D eigenvalue weighted by Crippen LogP contribution is -2.26. The molecule has 0 aromatic rings. The summed E-state index contributed by atoms with van der Waals surface area (Å²) in [5, 5.41) is 2.51. The summed E-state index contributed by atoms with van der Waals surface area (Å²) in [4.78, 5) is 15.0. The Hall–Kier alpha value is -1.12. The van der Waals surface area contributed by atoms with Crippen molar-refractivity contribution in [2.24, 2.45) is 4.99 Å². The first-order valence-corrected chi connectivity index (χ1v) is 3.65. The van der Waals surface area contributed by atoms with E-state index < -0.39 is 0 Å². The molecular weight excluding hydrogens is 140 g/mol. The first kappa shape index (κ1) is 9.88. The van der Waals surface area contributed by atoms with E-state index in [0.29, 0.717) is 12.3 Å². The number of nitrogens with zero attached hydrogens (tertiary/aromatic N) is 1. The van der Waals surface area contributed by atoms with Crippen LogP contribution in [0.2, 0.25) is 0 Å². The van der Waals surface area contributed by atoms with Gasteiger partial charge in [-0.3, -0.25) is 9.79 Å². The average Bonchev–Trinajstić information content (AvgIpc) is 2.03. The number of rotatable bonds is 3. The van der Waals surface area contributed by atoms with Gasteiger partial charge in [-0.25, -0.2) is 0 Å². The van der Waals surface area contributed by atoms with E-state index in [-0.39, 0.29) is 5.91 Å². The average molecular weight is 154 g/mol. The second-order valence-corrected chi connectivity index (χ2v) is 1.94. The number of carbonyl (C=O) groups is 1. The van der Waals surface area contributed by atoms with Gasteiger partial charge in [0, 0.05) is 13.6 Å². The van der Waals surface area contributed by atoms with Gasteiger partial charge in [0.1, 0.15) is 5.71 Å². The molecule has 0 aliphatic rings. The maximum atomic E-state index is 11.0. The first-order chi connectivity index (χ1) is 5.26. The summed E-state index contributed by atoms with van der Waals surface area (Å²) in [5.74, 6) is -0.134. The molecule has 0 unspecified atom stereocenters. The van der Waals surface area contributed by atoms with Crippen LogP contribution in [-0.2, 0) is 4.79 Å². The Kier molecular flexibility index (Phi) is 5.07. The monoisotopic (exact) mass is 154 g/mol. The molecule has 0 rings (SSSR count). The molecular formula is C8H14N2O. The fourth-order valence-corrected chi connectivity index (χ4v) is 0.656. The molecule has 0 bridgehead atoms. The fourth-order valence-electron chi connectivity index (χ4n) is 0.656. The van der Waals surface area contributed by atoms with Gasteiger partial charge in [0.2, 0.25) is 0 Å². The van der Waals surface area contributed by atoms with Gasteiger partial charge in [-0.15, -0.1) is 0 Å². The van der Waals surface area contributed by atoms with Crippen molar-refractivity contribution in [3.05, 3.63) is 12.2 Å². The zero-order chi connectivity index (χ0) is 8.69. The van der Waals surface area contributed by atoms with Crippen molar-refractivity contribution < 1.29 is 4.79 Å². The molecule has 0 aliphatic carbocycles. The molecule has 11 heavy (non-hydrogen) atoms. The second kappa shape index (κ2) is 5.65. The van der Waals surface area contributed by atoms with E-state index in [1.165, 1.54) is 0 Å². The smallest absolute Gasteiger partial charge is 0.269 e. The van der Waals surface area contributed by atoms with Crippen LogP contribution in [0.25, 0.3) is 0 Å². The van der Waals surface area contributed by atoms with Crippen LogP contribution in [0.4, 0.5) is 0 Å². The van der Waals surface area contributed by atoms with Crippen molar-refractivity contribution in [1.29, 1.82) is 0 Å². The lowest BCUT2D eigenvalue weighted by atomic mass is 10.3.